The number of likely N-dealkylation sites (tertiary alicyclic amines) is 1. The van der Waals surface area contributed by atoms with Crippen molar-refractivity contribution in [1.29, 1.82) is 0 Å². The van der Waals surface area contributed by atoms with E-state index in [1.165, 1.54) is 9.80 Å². The molecule has 0 aromatic heterocycles. The Morgan fingerprint density at radius 2 is 2.03 bits per heavy atom. The van der Waals surface area contributed by atoms with Crippen LogP contribution in [0.2, 0.25) is 0 Å². The molecule has 9 heteroatoms. The second-order valence-electron chi connectivity index (χ2n) is 9.44. The third-order valence-electron chi connectivity index (χ3n) is 7.05. The van der Waals surface area contributed by atoms with Crippen LogP contribution in [0.3, 0.4) is 0 Å². The van der Waals surface area contributed by atoms with Crippen LogP contribution in [0, 0.1) is 11.6 Å². The van der Waals surface area contributed by atoms with Crippen LogP contribution in [-0.4, -0.2) is 78.4 Å². The van der Waals surface area contributed by atoms with Gasteiger partial charge in [0.05, 0.1) is 6.61 Å². The smallest absolute Gasteiger partial charge is 0.321 e. The number of aliphatic hydroxyl groups is 1. The van der Waals surface area contributed by atoms with Crippen LogP contribution in [-0.2, 0) is 5.54 Å². The van der Waals surface area contributed by atoms with Gasteiger partial charge in [-0.3, -0.25) is 0 Å². The summed E-state index contributed by atoms with van der Waals surface area (Å²) < 4.78 is 43.2. The van der Waals surface area contributed by atoms with Crippen molar-refractivity contribution in [3.05, 3.63) is 71.3 Å². The largest absolute Gasteiger partial charge is 0.393 e. The summed E-state index contributed by atoms with van der Waals surface area (Å²) in [6.07, 6.45) is 1.36. The fourth-order valence-electron chi connectivity index (χ4n) is 5.09. The minimum Gasteiger partial charge on any atom is -0.393 e. The Labute approximate surface area is 209 Å². The summed E-state index contributed by atoms with van der Waals surface area (Å²) in [5.41, 5.74) is -0.325. The number of hydrogen-bond acceptors (Lipinski definition) is 4. The quantitative estimate of drug-likeness (QED) is 0.609. The molecule has 1 fully saturated rings. The first-order valence-corrected chi connectivity index (χ1v) is 12.0. The molecule has 2 unspecified atom stereocenters. The average Bonchev–Trinajstić information content (AvgIpc) is 3.14. The minimum absolute atomic E-state index is 0.0303. The molecule has 2 aromatic carbocycles. The first-order valence-electron chi connectivity index (χ1n) is 11.6. The van der Waals surface area contributed by atoms with E-state index in [4.69, 9.17) is 0 Å². The van der Waals surface area contributed by atoms with Crippen LogP contribution in [0.4, 0.5) is 18.0 Å². The zero-order valence-corrected chi connectivity index (χ0v) is 20.7. The van der Waals surface area contributed by atoms with Gasteiger partial charge < -0.3 is 19.8 Å². The molecule has 35 heavy (non-hydrogen) atoms. The lowest BCUT2D eigenvalue weighted by Gasteiger charge is -2.41. The van der Waals surface area contributed by atoms with Crippen molar-refractivity contribution in [3.63, 3.8) is 0 Å². The highest BCUT2D eigenvalue weighted by Gasteiger charge is 2.46. The number of urea groups is 1. The molecule has 4 rings (SSSR count). The molecule has 0 aliphatic carbocycles. The first-order chi connectivity index (χ1) is 16.6. The van der Waals surface area contributed by atoms with E-state index in [2.05, 4.69) is 12.6 Å². The molecule has 1 N–H and O–H groups in total. The molecule has 1 saturated heterocycles. The summed E-state index contributed by atoms with van der Waals surface area (Å²) in [5, 5.41) is 10.7. The Balaban J connectivity index is 1.75. The van der Waals surface area contributed by atoms with Gasteiger partial charge in [-0.15, -0.1) is 12.6 Å². The molecule has 2 aliphatic heterocycles. The van der Waals surface area contributed by atoms with Crippen molar-refractivity contribution in [1.82, 2.24) is 14.7 Å². The van der Waals surface area contributed by atoms with E-state index < -0.39 is 36.0 Å². The third kappa shape index (κ3) is 5.08. The first kappa shape index (κ1) is 25.6. The van der Waals surface area contributed by atoms with E-state index >= 15 is 0 Å². The summed E-state index contributed by atoms with van der Waals surface area (Å²) in [5.74, 6) is -1.23. The fourth-order valence-corrected chi connectivity index (χ4v) is 5.31. The number of amides is 2. The Morgan fingerprint density at radius 3 is 2.74 bits per heavy atom. The van der Waals surface area contributed by atoms with E-state index in [0.717, 1.165) is 18.2 Å². The van der Waals surface area contributed by atoms with Crippen LogP contribution in [0.1, 0.15) is 24.0 Å². The van der Waals surface area contributed by atoms with Crippen molar-refractivity contribution in [2.24, 2.45) is 0 Å². The number of carbonyl (C=O) groups excluding carboxylic acids is 1. The predicted molar refractivity (Wildman–Crippen MR) is 132 cm³/mol. The lowest BCUT2D eigenvalue weighted by Crippen LogP contribution is -2.54. The molecule has 0 spiro atoms. The number of rotatable bonds is 4. The van der Waals surface area contributed by atoms with Crippen LogP contribution in [0.5, 0.6) is 0 Å². The topological polar surface area (TPSA) is 47.0 Å². The van der Waals surface area contributed by atoms with E-state index in [-0.39, 0.29) is 24.6 Å². The Hall–Kier alpha value is -2.49. The highest BCUT2D eigenvalue weighted by atomic mass is 32.1. The predicted octanol–water partition coefficient (Wildman–Crippen LogP) is 4.32. The van der Waals surface area contributed by atoms with Gasteiger partial charge in [0.25, 0.3) is 0 Å². The number of thiol groups is 1. The summed E-state index contributed by atoms with van der Waals surface area (Å²) in [6.45, 7) is 0.422. The number of aliphatic hydroxyl groups excluding tert-OH is 1. The SMILES string of the molecule is CN1CCC(N(C)C(=O)N2CC(c3cc(F)ccc3F)=C[C@@]2(CO)c2cccc(S)c2)CC(F)C1. The summed E-state index contributed by atoms with van der Waals surface area (Å²) in [7, 11) is 3.48. The van der Waals surface area contributed by atoms with Crippen molar-refractivity contribution in [2.75, 3.05) is 40.3 Å². The van der Waals surface area contributed by atoms with Crippen LogP contribution >= 0.6 is 12.6 Å². The molecule has 188 valence electrons. The number of benzene rings is 2. The van der Waals surface area contributed by atoms with Gasteiger partial charge in [0.15, 0.2) is 0 Å². The highest BCUT2D eigenvalue weighted by Crippen LogP contribution is 2.42. The van der Waals surface area contributed by atoms with Gasteiger partial charge in [-0.25, -0.2) is 18.0 Å². The minimum atomic E-state index is -1.32. The van der Waals surface area contributed by atoms with Crippen molar-refractivity contribution >= 4 is 24.2 Å². The summed E-state index contributed by atoms with van der Waals surface area (Å²) in [4.78, 5) is 19.4. The molecular formula is C26H30F3N3O2S. The van der Waals surface area contributed by atoms with E-state index in [0.29, 0.717) is 35.5 Å². The number of halogens is 3. The molecule has 2 amide bonds. The second kappa shape index (κ2) is 10.2. The van der Waals surface area contributed by atoms with Gasteiger partial charge in [-0.05, 0) is 67.6 Å². The lowest BCUT2D eigenvalue weighted by molar-refractivity contribution is 0.0757. The molecule has 2 heterocycles. The van der Waals surface area contributed by atoms with Gasteiger partial charge in [0.1, 0.15) is 23.3 Å². The van der Waals surface area contributed by atoms with Crippen LogP contribution in [0.15, 0.2) is 53.4 Å². The lowest BCUT2D eigenvalue weighted by atomic mass is 9.89. The maximum absolute atomic E-state index is 14.7. The molecule has 0 saturated carbocycles. The van der Waals surface area contributed by atoms with Gasteiger partial charge in [-0.1, -0.05) is 12.1 Å². The standard InChI is InChI=1S/C26H30F3N3O2S/c1-30-9-8-21(11-20(28)15-30)31(2)25(34)32-14-17(23-12-19(27)6-7-24(23)29)13-26(32,16-33)18-4-3-5-22(35)10-18/h3-7,10,12-13,20-21,33,35H,8-9,11,14-16H2,1-2H3/t20?,21?,26-/m1/s1. The van der Waals surface area contributed by atoms with E-state index in [1.807, 2.05) is 11.9 Å². The summed E-state index contributed by atoms with van der Waals surface area (Å²) in [6, 6.07) is 9.42. The second-order valence-corrected chi connectivity index (χ2v) is 9.96. The van der Waals surface area contributed by atoms with Gasteiger partial charge in [-0.2, -0.15) is 0 Å². The van der Waals surface area contributed by atoms with Gasteiger partial charge in [0.2, 0.25) is 0 Å². The molecule has 0 bridgehead atoms. The third-order valence-corrected chi connectivity index (χ3v) is 7.32. The van der Waals surface area contributed by atoms with E-state index in [9.17, 15) is 23.1 Å². The number of carbonyl (C=O) groups is 1. The monoisotopic (exact) mass is 505 g/mol. The molecule has 2 aliphatic rings. The summed E-state index contributed by atoms with van der Waals surface area (Å²) >= 11 is 4.41. The molecule has 5 nitrogen and oxygen atoms in total. The molecule has 0 radical (unpaired) electrons. The van der Waals surface area contributed by atoms with Crippen LogP contribution < -0.4 is 0 Å². The highest BCUT2D eigenvalue weighted by molar-refractivity contribution is 7.80. The number of hydrogen-bond donors (Lipinski definition) is 2. The zero-order valence-electron chi connectivity index (χ0n) is 19.8. The maximum Gasteiger partial charge on any atom is 0.321 e. The Bertz CT molecular complexity index is 1130. The Kier molecular flexibility index (Phi) is 7.49. The average molecular weight is 506 g/mol. The molecular weight excluding hydrogens is 475 g/mol. The van der Waals surface area contributed by atoms with Crippen molar-refractivity contribution < 1.29 is 23.1 Å². The number of nitrogens with zero attached hydrogens (tertiary/aromatic N) is 3. The zero-order chi connectivity index (χ0) is 25.3. The number of alkyl halides is 1. The fraction of sp³-hybridized carbons (Fsp3) is 0.423. The van der Waals surface area contributed by atoms with Crippen molar-refractivity contribution in [3.8, 4) is 0 Å². The van der Waals surface area contributed by atoms with Crippen molar-refractivity contribution in [2.45, 2.75) is 35.5 Å². The Morgan fingerprint density at radius 1 is 1.26 bits per heavy atom. The van der Waals surface area contributed by atoms with Gasteiger partial charge >= 0.3 is 6.03 Å². The maximum atomic E-state index is 14.7. The normalized spacial score (nSPS) is 25.3. The van der Waals surface area contributed by atoms with E-state index in [1.54, 1.807) is 37.4 Å². The molecule has 2 aromatic rings. The van der Waals surface area contributed by atoms with Crippen LogP contribution in [0.25, 0.3) is 5.57 Å². The molecule has 3 atom stereocenters. The van der Waals surface area contributed by atoms with Gasteiger partial charge in [0, 0.05) is 43.1 Å².